The molecule has 1 aromatic heterocycles. The molecule has 0 fully saturated rings. The van der Waals surface area contributed by atoms with Crippen LogP contribution < -0.4 is 5.32 Å². The third kappa shape index (κ3) is 1.41. The molecule has 2 N–H and O–H groups in total. The molecule has 0 saturated heterocycles. The number of thiophene rings is 1. The number of nitrogens with one attached hydrogen (secondary N) is 1. The number of fused-ring (bicyclic) bond motifs is 1. The quantitative estimate of drug-likeness (QED) is 0.767. The Morgan fingerprint density at radius 2 is 2.31 bits per heavy atom. The zero-order chi connectivity index (χ0) is 9.26. The van der Waals surface area contributed by atoms with Gasteiger partial charge in [-0.3, -0.25) is 0 Å². The normalized spacial score (nSPS) is 10.8. The van der Waals surface area contributed by atoms with Crippen molar-refractivity contribution in [2.24, 2.45) is 0 Å². The van der Waals surface area contributed by atoms with Crippen molar-refractivity contribution in [2.75, 3.05) is 7.05 Å². The summed E-state index contributed by atoms with van der Waals surface area (Å²) in [6.45, 7) is 0.851. The van der Waals surface area contributed by atoms with Crippen molar-refractivity contribution in [1.82, 2.24) is 5.32 Å². The summed E-state index contributed by atoms with van der Waals surface area (Å²) in [6, 6.07) is 5.64. The molecule has 0 bridgehead atoms. The van der Waals surface area contributed by atoms with Gasteiger partial charge in [0, 0.05) is 11.9 Å². The summed E-state index contributed by atoms with van der Waals surface area (Å²) in [6.07, 6.45) is 0. The van der Waals surface area contributed by atoms with Crippen LogP contribution in [-0.4, -0.2) is 12.2 Å². The van der Waals surface area contributed by atoms with Gasteiger partial charge in [0.15, 0.2) is 0 Å². The summed E-state index contributed by atoms with van der Waals surface area (Å²) in [5, 5.41) is 15.9. The maximum Gasteiger partial charge on any atom is 0.133 e. The van der Waals surface area contributed by atoms with Crippen LogP contribution in [0.3, 0.4) is 0 Å². The Hall–Kier alpha value is -1.06. The topological polar surface area (TPSA) is 32.3 Å². The van der Waals surface area contributed by atoms with Gasteiger partial charge in [-0.2, -0.15) is 0 Å². The van der Waals surface area contributed by atoms with E-state index in [0.29, 0.717) is 5.75 Å². The van der Waals surface area contributed by atoms with Gasteiger partial charge >= 0.3 is 0 Å². The SMILES string of the molecule is CNCc1csc2c(O)cccc12. The van der Waals surface area contributed by atoms with Crippen molar-refractivity contribution >= 4 is 21.4 Å². The predicted octanol–water partition coefficient (Wildman–Crippen LogP) is 2.33. The van der Waals surface area contributed by atoms with Crippen LogP contribution in [0.2, 0.25) is 0 Å². The highest BCUT2D eigenvalue weighted by atomic mass is 32.1. The lowest BCUT2D eigenvalue weighted by atomic mass is 10.2. The minimum atomic E-state index is 0.379. The Morgan fingerprint density at radius 3 is 3.08 bits per heavy atom. The van der Waals surface area contributed by atoms with Gasteiger partial charge in [0.25, 0.3) is 0 Å². The minimum Gasteiger partial charge on any atom is -0.506 e. The summed E-state index contributed by atoms with van der Waals surface area (Å²) in [5.74, 6) is 0.379. The van der Waals surface area contributed by atoms with E-state index in [1.807, 2.05) is 19.2 Å². The van der Waals surface area contributed by atoms with Crippen molar-refractivity contribution in [2.45, 2.75) is 6.54 Å². The van der Waals surface area contributed by atoms with E-state index in [1.165, 1.54) is 5.56 Å². The maximum atomic E-state index is 9.54. The van der Waals surface area contributed by atoms with Crippen LogP contribution in [0.5, 0.6) is 5.75 Å². The molecule has 68 valence electrons. The third-order valence-electron chi connectivity index (χ3n) is 2.03. The summed E-state index contributed by atoms with van der Waals surface area (Å²) < 4.78 is 0.979. The molecule has 2 rings (SSSR count). The Kier molecular flexibility index (Phi) is 2.20. The van der Waals surface area contributed by atoms with E-state index in [-0.39, 0.29) is 0 Å². The van der Waals surface area contributed by atoms with E-state index in [9.17, 15) is 5.11 Å². The molecule has 1 heterocycles. The highest BCUT2D eigenvalue weighted by Crippen LogP contribution is 2.32. The second-order valence-electron chi connectivity index (χ2n) is 2.95. The Bertz CT molecular complexity index is 422. The van der Waals surface area contributed by atoms with Crippen molar-refractivity contribution < 1.29 is 5.11 Å². The molecular weight excluding hydrogens is 182 g/mol. The van der Waals surface area contributed by atoms with Crippen LogP contribution in [-0.2, 0) is 6.54 Å². The fourth-order valence-corrected chi connectivity index (χ4v) is 2.41. The number of hydrogen-bond acceptors (Lipinski definition) is 3. The molecule has 0 amide bonds. The molecule has 0 atom stereocenters. The standard InChI is InChI=1S/C10H11NOS/c1-11-5-7-6-13-10-8(7)3-2-4-9(10)12/h2-4,6,11-12H,5H2,1H3. The molecule has 2 aromatic rings. The molecule has 0 spiro atoms. The lowest BCUT2D eigenvalue weighted by Gasteiger charge is -1.97. The summed E-state index contributed by atoms with van der Waals surface area (Å²) >= 11 is 1.59. The van der Waals surface area contributed by atoms with Gasteiger partial charge in [-0.15, -0.1) is 11.3 Å². The highest BCUT2D eigenvalue weighted by Gasteiger charge is 2.05. The molecule has 13 heavy (non-hydrogen) atoms. The first kappa shape index (κ1) is 8.53. The number of phenols is 1. The number of rotatable bonds is 2. The van der Waals surface area contributed by atoms with Crippen LogP contribution in [0.1, 0.15) is 5.56 Å². The molecule has 3 heteroatoms. The zero-order valence-electron chi connectivity index (χ0n) is 7.37. The number of aromatic hydroxyl groups is 1. The molecule has 0 aliphatic carbocycles. The molecule has 0 unspecified atom stereocenters. The minimum absolute atomic E-state index is 0.379. The lowest BCUT2D eigenvalue weighted by molar-refractivity contribution is 0.482. The van der Waals surface area contributed by atoms with Gasteiger partial charge in [-0.1, -0.05) is 12.1 Å². The largest absolute Gasteiger partial charge is 0.506 e. The van der Waals surface area contributed by atoms with E-state index >= 15 is 0 Å². The van der Waals surface area contributed by atoms with Gasteiger partial charge in [-0.05, 0) is 24.1 Å². The van der Waals surface area contributed by atoms with Gasteiger partial charge in [0.05, 0.1) is 4.70 Å². The van der Waals surface area contributed by atoms with Gasteiger partial charge in [0.1, 0.15) is 5.75 Å². The predicted molar refractivity (Wildman–Crippen MR) is 56.3 cm³/mol. The Balaban J connectivity index is 2.61. The van der Waals surface area contributed by atoms with Crippen LogP contribution in [0.4, 0.5) is 0 Å². The van der Waals surface area contributed by atoms with Gasteiger partial charge in [-0.25, -0.2) is 0 Å². The average Bonchev–Trinajstić information content (AvgIpc) is 2.51. The van der Waals surface area contributed by atoms with Crippen molar-refractivity contribution in [3.05, 3.63) is 29.1 Å². The fourth-order valence-electron chi connectivity index (χ4n) is 1.42. The van der Waals surface area contributed by atoms with E-state index in [1.54, 1.807) is 17.4 Å². The Labute approximate surface area is 80.8 Å². The van der Waals surface area contributed by atoms with E-state index in [2.05, 4.69) is 10.7 Å². The third-order valence-corrected chi connectivity index (χ3v) is 3.09. The first-order valence-electron chi connectivity index (χ1n) is 4.15. The average molecular weight is 193 g/mol. The maximum absolute atomic E-state index is 9.54. The molecule has 1 aromatic carbocycles. The first-order valence-corrected chi connectivity index (χ1v) is 5.03. The molecule has 0 radical (unpaired) electrons. The molecular formula is C10H11NOS. The van der Waals surface area contributed by atoms with E-state index in [0.717, 1.165) is 16.6 Å². The second kappa shape index (κ2) is 3.36. The monoisotopic (exact) mass is 193 g/mol. The van der Waals surface area contributed by atoms with E-state index < -0.39 is 0 Å². The van der Waals surface area contributed by atoms with Crippen LogP contribution in [0.25, 0.3) is 10.1 Å². The number of hydrogen-bond donors (Lipinski definition) is 2. The summed E-state index contributed by atoms with van der Waals surface area (Å²) in [7, 11) is 1.92. The molecule has 0 aliphatic rings. The summed E-state index contributed by atoms with van der Waals surface area (Å²) in [4.78, 5) is 0. The van der Waals surface area contributed by atoms with Crippen molar-refractivity contribution in [1.29, 1.82) is 0 Å². The fraction of sp³-hybridized carbons (Fsp3) is 0.200. The van der Waals surface area contributed by atoms with Crippen LogP contribution in [0, 0.1) is 0 Å². The van der Waals surface area contributed by atoms with E-state index in [4.69, 9.17) is 0 Å². The Morgan fingerprint density at radius 1 is 1.46 bits per heavy atom. The zero-order valence-corrected chi connectivity index (χ0v) is 8.19. The molecule has 2 nitrogen and oxygen atoms in total. The van der Waals surface area contributed by atoms with Crippen molar-refractivity contribution in [3.63, 3.8) is 0 Å². The highest BCUT2D eigenvalue weighted by molar-refractivity contribution is 7.17. The van der Waals surface area contributed by atoms with Gasteiger partial charge in [0.2, 0.25) is 0 Å². The van der Waals surface area contributed by atoms with Crippen LogP contribution >= 0.6 is 11.3 Å². The number of benzene rings is 1. The van der Waals surface area contributed by atoms with Crippen LogP contribution in [0.15, 0.2) is 23.6 Å². The smallest absolute Gasteiger partial charge is 0.133 e. The second-order valence-corrected chi connectivity index (χ2v) is 3.82. The number of phenolic OH excluding ortho intramolecular Hbond substituents is 1. The first-order chi connectivity index (χ1) is 6.33. The molecule has 0 aliphatic heterocycles. The summed E-state index contributed by atoms with van der Waals surface area (Å²) in [5.41, 5.74) is 1.25. The molecule has 0 saturated carbocycles. The van der Waals surface area contributed by atoms with Gasteiger partial charge < -0.3 is 10.4 Å². The lowest BCUT2D eigenvalue weighted by Crippen LogP contribution is -2.03. The van der Waals surface area contributed by atoms with Crippen molar-refractivity contribution in [3.8, 4) is 5.75 Å².